The Bertz CT molecular complexity index is 123. The molecule has 3 N–H and O–H groups in total. The van der Waals surface area contributed by atoms with Crippen molar-refractivity contribution in [1.29, 1.82) is 0 Å². The lowest BCUT2D eigenvalue weighted by molar-refractivity contribution is -0.132. The molecule has 1 amide bonds. The number of aliphatic hydroxyl groups is 1. The van der Waals surface area contributed by atoms with Gasteiger partial charge in [0.2, 0.25) is 5.91 Å². The molecule has 0 radical (unpaired) electrons. The molecule has 0 spiro atoms. The standard InChI is InChI=1S/C6H14N2O2/c1-4(9)5(7)6(10)8(2)3/h4-5,9H,7H2,1-3H3/t4?,5-/m0/s1. The van der Waals surface area contributed by atoms with Crippen molar-refractivity contribution in [3.05, 3.63) is 0 Å². The molecule has 0 aliphatic rings. The summed E-state index contributed by atoms with van der Waals surface area (Å²) in [6.07, 6.45) is -0.783. The van der Waals surface area contributed by atoms with E-state index >= 15 is 0 Å². The topological polar surface area (TPSA) is 66.6 Å². The van der Waals surface area contributed by atoms with E-state index in [4.69, 9.17) is 10.8 Å². The Morgan fingerprint density at radius 1 is 1.60 bits per heavy atom. The molecule has 4 nitrogen and oxygen atoms in total. The Hall–Kier alpha value is -0.610. The molecule has 0 aliphatic heterocycles. The van der Waals surface area contributed by atoms with Crippen LogP contribution >= 0.6 is 0 Å². The zero-order valence-corrected chi connectivity index (χ0v) is 6.53. The molecule has 0 aromatic heterocycles. The maximum absolute atomic E-state index is 10.9. The smallest absolute Gasteiger partial charge is 0.241 e. The second kappa shape index (κ2) is 3.53. The van der Waals surface area contributed by atoms with Crippen LogP contribution in [0, 0.1) is 0 Å². The summed E-state index contributed by atoms with van der Waals surface area (Å²) in [5, 5.41) is 8.87. The van der Waals surface area contributed by atoms with Gasteiger partial charge in [-0.3, -0.25) is 4.79 Å². The van der Waals surface area contributed by atoms with Crippen molar-refractivity contribution in [2.24, 2.45) is 5.73 Å². The summed E-state index contributed by atoms with van der Waals surface area (Å²) < 4.78 is 0. The number of nitrogens with two attached hydrogens (primary N) is 1. The molecule has 2 atom stereocenters. The molecule has 0 heterocycles. The maximum Gasteiger partial charge on any atom is 0.241 e. The number of aliphatic hydroxyl groups excluding tert-OH is 1. The van der Waals surface area contributed by atoms with E-state index in [2.05, 4.69) is 0 Å². The average Bonchev–Trinajstić information content (AvgIpc) is 1.84. The summed E-state index contributed by atoms with van der Waals surface area (Å²) in [6.45, 7) is 1.49. The van der Waals surface area contributed by atoms with Gasteiger partial charge in [-0.15, -0.1) is 0 Å². The zero-order valence-electron chi connectivity index (χ0n) is 6.53. The van der Waals surface area contributed by atoms with E-state index in [1.165, 1.54) is 11.8 Å². The first-order valence-corrected chi connectivity index (χ1v) is 3.11. The third-order valence-corrected chi connectivity index (χ3v) is 1.25. The molecule has 0 fully saturated rings. The van der Waals surface area contributed by atoms with Crippen molar-refractivity contribution in [3.63, 3.8) is 0 Å². The van der Waals surface area contributed by atoms with Crippen LogP contribution in [0.2, 0.25) is 0 Å². The molecule has 0 rings (SSSR count). The average molecular weight is 146 g/mol. The van der Waals surface area contributed by atoms with Gasteiger partial charge in [0.1, 0.15) is 6.04 Å². The molecule has 60 valence electrons. The van der Waals surface area contributed by atoms with Crippen LogP contribution in [0.5, 0.6) is 0 Å². The molecule has 0 saturated heterocycles. The predicted octanol–water partition coefficient (Wildman–Crippen LogP) is -1.22. The fraction of sp³-hybridized carbons (Fsp3) is 0.833. The second-order valence-corrected chi connectivity index (χ2v) is 2.50. The summed E-state index contributed by atoms with van der Waals surface area (Å²) in [4.78, 5) is 12.3. The van der Waals surface area contributed by atoms with Crippen LogP contribution in [0.15, 0.2) is 0 Å². The summed E-state index contributed by atoms with van der Waals surface area (Å²) in [7, 11) is 3.20. The van der Waals surface area contributed by atoms with Crippen LogP contribution in [0.4, 0.5) is 0 Å². The lowest BCUT2D eigenvalue weighted by Gasteiger charge is -2.18. The summed E-state index contributed by atoms with van der Waals surface area (Å²) >= 11 is 0. The zero-order chi connectivity index (χ0) is 8.31. The molecular formula is C6H14N2O2. The fourth-order valence-corrected chi connectivity index (χ4v) is 0.504. The molecule has 1 unspecified atom stereocenters. The van der Waals surface area contributed by atoms with Crippen molar-refractivity contribution in [1.82, 2.24) is 4.90 Å². The normalized spacial score (nSPS) is 16.1. The molecule has 0 aromatic carbocycles. The molecule has 0 bridgehead atoms. The number of carbonyl (C=O) groups excluding carboxylic acids is 1. The minimum absolute atomic E-state index is 0.255. The monoisotopic (exact) mass is 146 g/mol. The molecule has 0 aromatic rings. The van der Waals surface area contributed by atoms with E-state index in [1.54, 1.807) is 14.1 Å². The third-order valence-electron chi connectivity index (χ3n) is 1.25. The van der Waals surface area contributed by atoms with Crippen LogP contribution in [-0.2, 0) is 4.79 Å². The van der Waals surface area contributed by atoms with Crippen molar-refractivity contribution < 1.29 is 9.90 Å². The van der Waals surface area contributed by atoms with Crippen LogP contribution in [0.25, 0.3) is 0 Å². The molecule has 4 heteroatoms. The van der Waals surface area contributed by atoms with E-state index in [9.17, 15) is 4.79 Å². The van der Waals surface area contributed by atoms with Gasteiger partial charge in [0.15, 0.2) is 0 Å². The number of carbonyl (C=O) groups is 1. The summed E-state index contributed by atoms with van der Waals surface area (Å²) in [5.74, 6) is -0.255. The minimum Gasteiger partial charge on any atom is -0.391 e. The Morgan fingerprint density at radius 3 is 2.10 bits per heavy atom. The van der Waals surface area contributed by atoms with E-state index in [1.807, 2.05) is 0 Å². The Morgan fingerprint density at radius 2 is 2.00 bits per heavy atom. The van der Waals surface area contributed by atoms with Gasteiger partial charge in [0, 0.05) is 14.1 Å². The lowest BCUT2D eigenvalue weighted by atomic mass is 10.2. The van der Waals surface area contributed by atoms with Gasteiger partial charge in [-0.1, -0.05) is 0 Å². The SMILES string of the molecule is CC(O)[C@H](N)C(=O)N(C)C. The number of hydrogen-bond donors (Lipinski definition) is 2. The quantitative estimate of drug-likeness (QED) is 0.513. The van der Waals surface area contributed by atoms with Gasteiger partial charge in [-0.25, -0.2) is 0 Å². The van der Waals surface area contributed by atoms with E-state index in [0.717, 1.165) is 0 Å². The highest BCUT2D eigenvalue weighted by Crippen LogP contribution is 1.91. The highest BCUT2D eigenvalue weighted by atomic mass is 16.3. The van der Waals surface area contributed by atoms with Gasteiger partial charge in [-0.05, 0) is 6.92 Å². The predicted molar refractivity (Wildman–Crippen MR) is 38.4 cm³/mol. The fourth-order valence-electron chi connectivity index (χ4n) is 0.504. The van der Waals surface area contributed by atoms with Gasteiger partial charge in [0.05, 0.1) is 6.10 Å². The largest absolute Gasteiger partial charge is 0.391 e. The highest BCUT2D eigenvalue weighted by Gasteiger charge is 2.19. The van der Waals surface area contributed by atoms with Crippen LogP contribution in [0.3, 0.4) is 0 Å². The van der Waals surface area contributed by atoms with Gasteiger partial charge in [0.25, 0.3) is 0 Å². The Kier molecular flexibility index (Phi) is 3.32. The first-order chi connectivity index (χ1) is 4.46. The molecular weight excluding hydrogens is 132 g/mol. The van der Waals surface area contributed by atoms with E-state index in [-0.39, 0.29) is 5.91 Å². The van der Waals surface area contributed by atoms with Crippen LogP contribution in [-0.4, -0.2) is 42.2 Å². The van der Waals surface area contributed by atoms with Crippen molar-refractivity contribution in [2.45, 2.75) is 19.1 Å². The maximum atomic E-state index is 10.9. The first kappa shape index (κ1) is 9.39. The van der Waals surface area contributed by atoms with Gasteiger partial charge >= 0.3 is 0 Å². The van der Waals surface area contributed by atoms with Crippen LogP contribution < -0.4 is 5.73 Å². The van der Waals surface area contributed by atoms with Crippen LogP contribution in [0.1, 0.15) is 6.92 Å². The van der Waals surface area contributed by atoms with Crippen molar-refractivity contribution in [3.8, 4) is 0 Å². The van der Waals surface area contributed by atoms with Gasteiger partial charge < -0.3 is 15.7 Å². The molecule has 0 aliphatic carbocycles. The molecule has 0 saturated carbocycles. The number of rotatable bonds is 2. The van der Waals surface area contributed by atoms with Gasteiger partial charge in [-0.2, -0.15) is 0 Å². The Labute approximate surface area is 60.6 Å². The van der Waals surface area contributed by atoms with Crippen molar-refractivity contribution in [2.75, 3.05) is 14.1 Å². The minimum atomic E-state index is -0.796. The molecule has 10 heavy (non-hydrogen) atoms. The number of nitrogens with zero attached hydrogens (tertiary/aromatic N) is 1. The number of amides is 1. The third kappa shape index (κ3) is 2.33. The number of likely N-dealkylation sites (N-methyl/N-ethyl adjacent to an activating group) is 1. The van der Waals surface area contributed by atoms with E-state index in [0.29, 0.717) is 0 Å². The van der Waals surface area contributed by atoms with Crippen molar-refractivity contribution >= 4 is 5.91 Å². The van der Waals surface area contributed by atoms with E-state index < -0.39 is 12.1 Å². The summed E-state index contributed by atoms with van der Waals surface area (Å²) in [5.41, 5.74) is 5.32. The summed E-state index contributed by atoms with van der Waals surface area (Å²) in [6, 6.07) is -0.796. The Balaban J connectivity index is 3.95. The second-order valence-electron chi connectivity index (χ2n) is 2.50. The lowest BCUT2D eigenvalue weighted by Crippen LogP contribution is -2.46. The first-order valence-electron chi connectivity index (χ1n) is 3.11. The number of hydrogen-bond acceptors (Lipinski definition) is 3. The highest BCUT2D eigenvalue weighted by molar-refractivity contribution is 5.81.